The maximum atomic E-state index is 12.7. The van der Waals surface area contributed by atoms with Crippen LogP contribution in [0.25, 0.3) is 0 Å². The number of nitrogens with zero attached hydrogens (tertiary/aromatic N) is 5. The van der Waals surface area contributed by atoms with Gasteiger partial charge in [-0.15, -0.1) is 10.2 Å². The number of benzene rings is 1. The number of carbonyl (C=O) groups excluding carboxylic acids is 2. The second-order valence-corrected chi connectivity index (χ2v) is 7.91. The van der Waals surface area contributed by atoms with Crippen LogP contribution < -0.4 is 10.2 Å². The smallest absolute Gasteiger partial charge is 0.259 e. The second kappa shape index (κ2) is 9.00. The van der Waals surface area contributed by atoms with E-state index in [1.165, 1.54) is 11.3 Å². The Hall–Kier alpha value is -3.33. The fourth-order valence-electron chi connectivity index (χ4n) is 3.37. The van der Waals surface area contributed by atoms with Gasteiger partial charge in [0.25, 0.3) is 5.91 Å². The minimum absolute atomic E-state index is 0.153. The van der Waals surface area contributed by atoms with Crippen molar-refractivity contribution in [3.05, 3.63) is 64.8 Å². The van der Waals surface area contributed by atoms with E-state index in [-0.39, 0.29) is 11.8 Å². The van der Waals surface area contributed by atoms with Crippen LogP contribution in [-0.4, -0.2) is 58.1 Å². The standard InChI is InChI=1S/C21H22N6O2S/c1-15-4-2-3-5-16(15)12-19(28)27-10-8-26(9-11-27)18-7-6-17(13-22-18)20(29)24-21-25-23-14-30-21/h2-7,13-14H,8-12H2,1H3,(H,24,25,29). The van der Waals surface area contributed by atoms with Crippen molar-refractivity contribution in [2.75, 3.05) is 36.4 Å². The number of hydrogen-bond acceptors (Lipinski definition) is 7. The Kier molecular flexibility index (Phi) is 5.99. The highest BCUT2D eigenvalue weighted by molar-refractivity contribution is 7.13. The zero-order chi connectivity index (χ0) is 20.9. The lowest BCUT2D eigenvalue weighted by Crippen LogP contribution is -2.49. The highest BCUT2D eigenvalue weighted by Crippen LogP contribution is 2.17. The Morgan fingerprint density at radius 1 is 1.10 bits per heavy atom. The van der Waals surface area contributed by atoms with E-state index in [0.29, 0.717) is 43.3 Å². The summed E-state index contributed by atoms with van der Waals surface area (Å²) < 4.78 is 0. The summed E-state index contributed by atoms with van der Waals surface area (Å²) in [6.07, 6.45) is 1.99. The molecule has 0 aliphatic carbocycles. The van der Waals surface area contributed by atoms with Gasteiger partial charge in [0.05, 0.1) is 12.0 Å². The molecule has 8 nitrogen and oxygen atoms in total. The normalized spacial score (nSPS) is 13.9. The van der Waals surface area contributed by atoms with Crippen LogP contribution in [0.15, 0.2) is 48.1 Å². The minimum atomic E-state index is -0.266. The summed E-state index contributed by atoms with van der Waals surface area (Å²) in [6, 6.07) is 11.6. The molecule has 1 aliphatic rings. The zero-order valence-electron chi connectivity index (χ0n) is 16.6. The third kappa shape index (κ3) is 4.62. The number of aromatic nitrogens is 3. The molecule has 9 heteroatoms. The number of hydrogen-bond donors (Lipinski definition) is 1. The molecular formula is C21H22N6O2S. The average molecular weight is 423 g/mol. The molecule has 30 heavy (non-hydrogen) atoms. The van der Waals surface area contributed by atoms with E-state index in [1.54, 1.807) is 17.8 Å². The van der Waals surface area contributed by atoms with Gasteiger partial charge in [-0.05, 0) is 30.2 Å². The van der Waals surface area contributed by atoms with E-state index >= 15 is 0 Å². The Labute approximate surface area is 178 Å². The summed E-state index contributed by atoms with van der Waals surface area (Å²) in [7, 11) is 0. The van der Waals surface area contributed by atoms with Gasteiger partial charge < -0.3 is 9.80 Å². The van der Waals surface area contributed by atoms with Crippen molar-refractivity contribution in [1.29, 1.82) is 0 Å². The molecule has 1 fully saturated rings. The molecular weight excluding hydrogens is 400 g/mol. The summed E-state index contributed by atoms with van der Waals surface area (Å²) >= 11 is 1.26. The first kappa shape index (κ1) is 20.0. The van der Waals surface area contributed by atoms with Crippen LogP contribution in [0.4, 0.5) is 10.9 Å². The van der Waals surface area contributed by atoms with E-state index in [4.69, 9.17) is 0 Å². The fourth-order valence-corrected chi connectivity index (χ4v) is 3.81. The SMILES string of the molecule is Cc1ccccc1CC(=O)N1CCN(c2ccc(C(=O)Nc3nncs3)cn2)CC1. The van der Waals surface area contributed by atoms with E-state index in [0.717, 1.165) is 16.9 Å². The van der Waals surface area contributed by atoms with Crippen molar-refractivity contribution in [1.82, 2.24) is 20.1 Å². The van der Waals surface area contributed by atoms with Crippen molar-refractivity contribution in [3.8, 4) is 0 Å². The van der Waals surface area contributed by atoms with Gasteiger partial charge in [-0.3, -0.25) is 14.9 Å². The lowest BCUT2D eigenvalue weighted by atomic mass is 10.1. The first-order valence-electron chi connectivity index (χ1n) is 9.71. The monoisotopic (exact) mass is 422 g/mol. The van der Waals surface area contributed by atoms with Crippen LogP contribution in [0, 0.1) is 6.92 Å². The highest BCUT2D eigenvalue weighted by Gasteiger charge is 2.22. The quantitative estimate of drug-likeness (QED) is 0.679. The predicted octanol–water partition coefficient (Wildman–Crippen LogP) is 2.39. The molecule has 154 valence electrons. The molecule has 1 saturated heterocycles. The lowest BCUT2D eigenvalue weighted by Gasteiger charge is -2.35. The maximum absolute atomic E-state index is 12.7. The number of aryl methyl sites for hydroxylation is 1. The number of piperazine rings is 1. The number of carbonyl (C=O) groups is 2. The van der Waals surface area contributed by atoms with Gasteiger partial charge in [-0.1, -0.05) is 35.6 Å². The molecule has 2 aromatic heterocycles. The molecule has 0 unspecified atom stereocenters. The second-order valence-electron chi connectivity index (χ2n) is 7.07. The van der Waals surface area contributed by atoms with Gasteiger partial charge in [0.1, 0.15) is 11.3 Å². The number of nitrogens with one attached hydrogen (secondary N) is 1. The third-order valence-electron chi connectivity index (χ3n) is 5.15. The summed E-state index contributed by atoms with van der Waals surface area (Å²) in [4.78, 5) is 33.3. The summed E-state index contributed by atoms with van der Waals surface area (Å²) in [6.45, 7) is 4.77. The van der Waals surface area contributed by atoms with Crippen molar-refractivity contribution in [3.63, 3.8) is 0 Å². The molecule has 2 amide bonds. The summed E-state index contributed by atoms with van der Waals surface area (Å²) in [5.74, 6) is 0.687. The topological polar surface area (TPSA) is 91.3 Å². The number of pyridine rings is 1. The van der Waals surface area contributed by atoms with Crippen LogP contribution in [-0.2, 0) is 11.2 Å². The van der Waals surface area contributed by atoms with Gasteiger partial charge in [-0.25, -0.2) is 4.98 Å². The van der Waals surface area contributed by atoms with E-state index in [1.807, 2.05) is 42.2 Å². The fraction of sp³-hybridized carbons (Fsp3) is 0.286. The largest absolute Gasteiger partial charge is 0.353 e. The molecule has 1 aliphatic heterocycles. The zero-order valence-corrected chi connectivity index (χ0v) is 17.4. The number of amides is 2. The molecule has 0 atom stereocenters. The van der Waals surface area contributed by atoms with Crippen LogP contribution in [0.1, 0.15) is 21.5 Å². The highest BCUT2D eigenvalue weighted by atomic mass is 32.1. The van der Waals surface area contributed by atoms with Gasteiger partial charge in [0, 0.05) is 32.4 Å². The van der Waals surface area contributed by atoms with Crippen LogP contribution in [0.2, 0.25) is 0 Å². The first-order valence-corrected chi connectivity index (χ1v) is 10.6. The molecule has 3 aromatic rings. The van der Waals surface area contributed by atoms with Crippen LogP contribution in [0.5, 0.6) is 0 Å². The van der Waals surface area contributed by atoms with Crippen LogP contribution in [0.3, 0.4) is 0 Å². The Morgan fingerprint density at radius 3 is 2.57 bits per heavy atom. The van der Waals surface area contributed by atoms with Crippen molar-refractivity contribution < 1.29 is 9.59 Å². The summed E-state index contributed by atoms with van der Waals surface area (Å²) in [5, 5.41) is 10.6. The van der Waals surface area contributed by atoms with Gasteiger partial charge in [0.15, 0.2) is 0 Å². The van der Waals surface area contributed by atoms with E-state index < -0.39 is 0 Å². The lowest BCUT2D eigenvalue weighted by molar-refractivity contribution is -0.130. The predicted molar refractivity (Wildman–Crippen MR) is 116 cm³/mol. The summed E-state index contributed by atoms with van der Waals surface area (Å²) in [5.41, 5.74) is 4.24. The van der Waals surface area contributed by atoms with Gasteiger partial charge in [-0.2, -0.15) is 0 Å². The Morgan fingerprint density at radius 2 is 1.90 bits per heavy atom. The molecule has 0 saturated carbocycles. The van der Waals surface area contributed by atoms with Crippen molar-refractivity contribution in [2.24, 2.45) is 0 Å². The third-order valence-corrected chi connectivity index (χ3v) is 5.76. The van der Waals surface area contributed by atoms with Gasteiger partial charge >= 0.3 is 0 Å². The van der Waals surface area contributed by atoms with Crippen molar-refractivity contribution >= 4 is 34.1 Å². The molecule has 4 rings (SSSR count). The van der Waals surface area contributed by atoms with E-state index in [9.17, 15) is 9.59 Å². The Bertz CT molecular complexity index is 1010. The molecule has 0 radical (unpaired) electrons. The average Bonchev–Trinajstić information content (AvgIpc) is 3.28. The molecule has 3 heterocycles. The molecule has 0 spiro atoms. The molecule has 0 bridgehead atoms. The number of anilines is 2. The van der Waals surface area contributed by atoms with Gasteiger partial charge in [0.2, 0.25) is 11.0 Å². The van der Waals surface area contributed by atoms with Crippen molar-refractivity contribution in [2.45, 2.75) is 13.3 Å². The van der Waals surface area contributed by atoms with E-state index in [2.05, 4.69) is 25.4 Å². The first-order chi connectivity index (χ1) is 14.6. The Balaban J connectivity index is 1.31. The van der Waals surface area contributed by atoms with Crippen LogP contribution >= 0.6 is 11.3 Å². The maximum Gasteiger partial charge on any atom is 0.259 e. The number of rotatable bonds is 5. The molecule has 1 N–H and O–H groups in total. The molecule has 1 aromatic carbocycles. The minimum Gasteiger partial charge on any atom is -0.353 e.